The fraction of sp³-hybridized carbons (Fsp3) is 0.500. The topological polar surface area (TPSA) is 29.3 Å². The van der Waals surface area contributed by atoms with Gasteiger partial charge in [-0.3, -0.25) is 0 Å². The second-order valence-electron chi connectivity index (χ2n) is 4.67. The van der Waals surface area contributed by atoms with Crippen molar-refractivity contribution in [3.05, 3.63) is 22.4 Å². The quantitative estimate of drug-likeness (QED) is 0.802. The summed E-state index contributed by atoms with van der Waals surface area (Å²) in [4.78, 5) is 2.19. The molecule has 2 N–H and O–H groups in total. The molecule has 0 spiro atoms. The van der Waals surface area contributed by atoms with E-state index in [2.05, 4.69) is 34.7 Å². The summed E-state index contributed by atoms with van der Waals surface area (Å²) in [6, 6.07) is 3.59. The Morgan fingerprint density at radius 2 is 2.12 bits per heavy atom. The van der Waals surface area contributed by atoms with Crippen molar-refractivity contribution in [2.75, 3.05) is 17.2 Å². The van der Waals surface area contributed by atoms with Crippen LogP contribution in [0.1, 0.15) is 20.3 Å². The highest BCUT2D eigenvalue weighted by Crippen LogP contribution is 2.35. The van der Waals surface area contributed by atoms with Crippen LogP contribution in [0.25, 0.3) is 0 Å². The van der Waals surface area contributed by atoms with E-state index in [1.807, 2.05) is 0 Å². The van der Waals surface area contributed by atoms with Gasteiger partial charge in [0.2, 0.25) is 0 Å². The van der Waals surface area contributed by atoms with E-state index >= 15 is 0 Å². The average molecular weight is 287 g/mol. The number of halogens is 2. The second-order valence-corrected chi connectivity index (χ2v) is 5.52. The molecule has 1 fully saturated rings. The molecule has 4 heteroatoms. The number of nitrogens with zero attached hydrogens (tertiary/aromatic N) is 1. The SMILES string of the molecule is CC1CC(C)N(c2cc(F)c(Br)cc2N)C1. The molecule has 0 aliphatic carbocycles. The van der Waals surface area contributed by atoms with Gasteiger partial charge in [-0.05, 0) is 41.3 Å². The lowest BCUT2D eigenvalue weighted by Gasteiger charge is -2.25. The van der Waals surface area contributed by atoms with Crippen molar-refractivity contribution >= 4 is 27.3 Å². The molecule has 16 heavy (non-hydrogen) atoms. The molecule has 1 aliphatic rings. The largest absolute Gasteiger partial charge is 0.397 e. The molecule has 88 valence electrons. The lowest BCUT2D eigenvalue weighted by molar-refractivity contribution is 0.619. The second kappa shape index (κ2) is 4.24. The zero-order chi connectivity index (χ0) is 11.9. The summed E-state index contributed by atoms with van der Waals surface area (Å²) in [6.45, 7) is 5.32. The summed E-state index contributed by atoms with van der Waals surface area (Å²) in [5.74, 6) is 0.386. The normalized spacial score (nSPS) is 25.1. The summed E-state index contributed by atoms with van der Waals surface area (Å²) in [7, 11) is 0. The minimum Gasteiger partial charge on any atom is -0.397 e. The van der Waals surface area contributed by atoms with E-state index in [0.717, 1.165) is 18.7 Å². The summed E-state index contributed by atoms with van der Waals surface area (Å²) in [5, 5.41) is 0. The van der Waals surface area contributed by atoms with Crippen LogP contribution in [0.4, 0.5) is 15.8 Å². The molecular formula is C12H16BrFN2. The van der Waals surface area contributed by atoms with Gasteiger partial charge in [0.15, 0.2) is 0 Å². The van der Waals surface area contributed by atoms with Crippen LogP contribution < -0.4 is 10.6 Å². The number of nitrogens with two attached hydrogens (primary N) is 1. The van der Waals surface area contributed by atoms with Crippen LogP contribution in [-0.2, 0) is 0 Å². The van der Waals surface area contributed by atoms with E-state index in [1.54, 1.807) is 6.07 Å². The molecule has 0 amide bonds. The fourth-order valence-electron chi connectivity index (χ4n) is 2.44. The van der Waals surface area contributed by atoms with Crippen LogP contribution in [-0.4, -0.2) is 12.6 Å². The Balaban J connectivity index is 2.37. The fourth-order valence-corrected chi connectivity index (χ4v) is 2.80. The highest BCUT2D eigenvalue weighted by molar-refractivity contribution is 9.10. The maximum Gasteiger partial charge on any atom is 0.139 e. The number of anilines is 2. The van der Waals surface area contributed by atoms with Crippen molar-refractivity contribution in [2.45, 2.75) is 26.3 Å². The summed E-state index contributed by atoms with van der Waals surface area (Å²) in [5.41, 5.74) is 7.39. The Hall–Kier alpha value is -0.770. The number of hydrogen-bond acceptors (Lipinski definition) is 2. The lowest BCUT2D eigenvalue weighted by Crippen LogP contribution is -2.27. The van der Waals surface area contributed by atoms with E-state index in [9.17, 15) is 4.39 Å². The summed E-state index contributed by atoms with van der Waals surface area (Å²) < 4.78 is 13.9. The highest BCUT2D eigenvalue weighted by Gasteiger charge is 2.27. The Bertz CT molecular complexity index is 408. The zero-order valence-electron chi connectivity index (χ0n) is 9.50. The van der Waals surface area contributed by atoms with E-state index in [0.29, 0.717) is 22.1 Å². The lowest BCUT2D eigenvalue weighted by atomic mass is 10.1. The third-order valence-electron chi connectivity index (χ3n) is 3.16. The molecule has 0 saturated carbocycles. The minimum atomic E-state index is -0.254. The number of benzene rings is 1. The van der Waals surface area contributed by atoms with Gasteiger partial charge in [0, 0.05) is 18.7 Å². The monoisotopic (exact) mass is 286 g/mol. The molecule has 1 aromatic rings. The van der Waals surface area contributed by atoms with Gasteiger partial charge >= 0.3 is 0 Å². The molecule has 1 heterocycles. The molecule has 2 nitrogen and oxygen atoms in total. The first-order valence-corrected chi connectivity index (χ1v) is 6.29. The van der Waals surface area contributed by atoms with Crippen molar-refractivity contribution in [3.8, 4) is 0 Å². The van der Waals surface area contributed by atoms with E-state index in [-0.39, 0.29) is 5.82 Å². The first kappa shape index (κ1) is 11.7. The predicted molar refractivity (Wildman–Crippen MR) is 69.1 cm³/mol. The van der Waals surface area contributed by atoms with Gasteiger partial charge in [0.1, 0.15) is 5.82 Å². The smallest absolute Gasteiger partial charge is 0.139 e. The minimum absolute atomic E-state index is 0.254. The Morgan fingerprint density at radius 3 is 2.69 bits per heavy atom. The standard InChI is InChI=1S/C12H16BrFN2/c1-7-3-8(2)16(6-7)12-5-10(14)9(13)4-11(12)15/h4-5,7-8H,3,6,15H2,1-2H3. The van der Waals surface area contributed by atoms with E-state index in [1.165, 1.54) is 6.07 Å². The average Bonchev–Trinajstić information content (AvgIpc) is 2.51. The maximum absolute atomic E-state index is 13.5. The van der Waals surface area contributed by atoms with Gasteiger partial charge in [0.05, 0.1) is 15.8 Å². The van der Waals surface area contributed by atoms with Crippen LogP contribution in [0.2, 0.25) is 0 Å². The molecule has 1 aliphatic heterocycles. The molecule has 2 rings (SSSR count). The number of hydrogen-bond donors (Lipinski definition) is 1. The third-order valence-corrected chi connectivity index (χ3v) is 3.77. The summed E-state index contributed by atoms with van der Waals surface area (Å²) in [6.07, 6.45) is 1.14. The first-order valence-electron chi connectivity index (χ1n) is 5.50. The van der Waals surface area contributed by atoms with Gasteiger partial charge in [-0.2, -0.15) is 0 Å². The van der Waals surface area contributed by atoms with Crippen molar-refractivity contribution in [3.63, 3.8) is 0 Å². The molecule has 1 saturated heterocycles. The van der Waals surface area contributed by atoms with Crippen LogP contribution in [0.3, 0.4) is 0 Å². The van der Waals surface area contributed by atoms with Gasteiger partial charge in [-0.15, -0.1) is 0 Å². The molecule has 0 aromatic heterocycles. The van der Waals surface area contributed by atoms with Crippen LogP contribution in [0, 0.1) is 11.7 Å². The maximum atomic E-state index is 13.5. The number of nitrogen functional groups attached to an aromatic ring is 1. The van der Waals surface area contributed by atoms with Gasteiger partial charge in [-0.1, -0.05) is 6.92 Å². The molecular weight excluding hydrogens is 271 g/mol. The zero-order valence-corrected chi connectivity index (χ0v) is 11.1. The van der Waals surface area contributed by atoms with Gasteiger partial charge in [0.25, 0.3) is 0 Å². The molecule has 2 unspecified atom stereocenters. The predicted octanol–water partition coefficient (Wildman–Crippen LogP) is 3.41. The van der Waals surface area contributed by atoms with Crippen LogP contribution in [0.15, 0.2) is 16.6 Å². The molecule has 0 bridgehead atoms. The molecule has 2 atom stereocenters. The van der Waals surface area contributed by atoms with Crippen LogP contribution >= 0.6 is 15.9 Å². The molecule has 1 aromatic carbocycles. The summed E-state index contributed by atoms with van der Waals surface area (Å²) >= 11 is 3.14. The third kappa shape index (κ3) is 2.03. The van der Waals surface area contributed by atoms with Gasteiger partial charge < -0.3 is 10.6 Å². The Morgan fingerprint density at radius 1 is 1.44 bits per heavy atom. The Labute approximate surface area is 104 Å². The van der Waals surface area contributed by atoms with Crippen molar-refractivity contribution in [1.82, 2.24) is 0 Å². The first-order chi connectivity index (χ1) is 7.49. The van der Waals surface area contributed by atoms with Crippen molar-refractivity contribution in [1.29, 1.82) is 0 Å². The van der Waals surface area contributed by atoms with Crippen LogP contribution in [0.5, 0.6) is 0 Å². The van der Waals surface area contributed by atoms with E-state index < -0.39 is 0 Å². The van der Waals surface area contributed by atoms with Crippen molar-refractivity contribution in [2.24, 2.45) is 5.92 Å². The molecule has 0 radical (unpaired) electrons. The van der Waals surface area contributed by atoms with E-state index in [4.69, 9.17) is 5.73 Å². The number of rotatable bonds is 1. The Kier molecular flexibility index (Phi) is 3.10. The highest BCUT2D eigenvalue weighted by atomic mass is 79.9. The van der Waals surface area contributed by atoms with Gasteiger partial charge in [-0.25, -0.2) is 4.39 Å². The van der Waals surface area contributed by atoms with Crippen molar-refractivity contribution < 1.29 is 4.39 Å².